The van der Waals surface area contributed by atoms with E-state index in [1.54, 1.807) is 4.90 Å². The summed E-state index contributed by atoms with van der Waals surface area (Å²) in [6.07, 6.45) is 0. The molecule has 2 nitrogen and oxygen atoms in total. The molecule has 74 valence electrons. The normalized spacial score (nSPS) is 14.0. The van der Waals surface area contributed by atoms with E-state index in [9.17, 15) is 4.79 Å². The number of hydrogen-bond donors (Lipinski definition) is 0. The third-order valence-corrected chi connectivity index (χ3v) is 3.51. The van der Waals surface area contributed by atoms with E-state index in [-0.39, 0.29) is 5.91 Å². The standard InChI is InChI=1S/C12H8BrNO/c1-14-9-4-2-3-7-5-6-8(13)11(10(7)9)12(14)15/h2-6H,1H3. The fourth-order valence-electron chi connectivity index (χ4n) is 2.10. The summed E-state index contributed by atoms with van der Waals surface area (Å²) in [4.78, 5) is 13.7. The zero-order valence-electron chi connectivity index (χ0n) is 8.12. The second kappa shape index (κ2) is 2.83. The van der Waals surface area contributed by atoms with Crippen LogP contribution in [0.15, 0.2) is 34.8 Å². The Balaban J connectivity index is 2.57. The van der Waals surface area contributed by atoms with E-state index < -0.39 is 0 Å². The zero-order valence-corrected chi connectivity index (χ0v) is 9.71. The Bertz CT molecular complexity index is 591. The van der Waals surface area contributed by atoms with Crippen LogP contribution in [0.3, 0.4) is 0 Å². The molecule has 1 aliphatic heterocycles. The van der Waals surface area contributed by atoms with Crippen molar-refractivity contribution < 1.29 is 4.79 Å². The van der Waals surface area contributed by atoms with Crippen LogP contribution in [0.2, 0.25) is 0 Å². The van der Waals surface area contributed by atoms with Gasteiger partial charge < -0.3 is 4.90 Å². The molecule has 2 aromatic rings. The Kier molecular flexibility index (Phi) is 1.68. The molecule has 1 amide bonds. The van der Waals surface area contributed by atoms with E-state index in [2.05, 4.69) is 15.9 Å². The van der Waals surface area contributed by atoms with E-state index in [0.29, 0.717) is 0 Å². The average molecular weight is 262 g/mol. The maximum absolute atomic E-state index is 12.0. The fraction of sp³-hybridized carbons (Fsp3) is 0.0833. The summed E-state index contributed by atoms with van der Waals surface area (Å²) in [6.45, 7) is 0. The predicted octanol–water partition coefficient (Wildman–Crippen LogP) is 3.19. The molecule has 0 aromatic heterocycles. The van der Waals surface area contributed by atoms with Crippen LogP contribution >= 0.6 is 15.9 Å². The highest BCUT2D eigenvalue weighted by Gasteiger charge is 2.28. The van der Waals surface area contributed by atoms with Gasteiger partial charge in [-0.2, -0.15) is 0 Å². The summed E-state index contributed by atoms with van der Waals surface area (Å²) in [5, 5.41) is 2.17. The van der Waals surface area contributed by atoms with E-state index in [0.717, 1.165) is 26.5 Å². The summed E-state index contributed by atoms with van der Waals surface area (Å²) in [7, 11) is 1.81. The Morgan fingerprint density at radius 1 is 1.20 bits per heavy atom. The highest BCUT2D eigenvalue weighted by atomic mass is 79.9. The van der Waals surface area contributed by atoms with Crippen LogP contribution in [0, 0.1) is 0 Å². The number of anilines is 1. The summed E-state index contributed by atoms with van der Waals surface area (Å²) in [6, 6.07) is 9.94. The second-order valence-corrected chi connectivity index (χ2v) is 4.52. The first-order valence-corrected chi connectivity index (χ1v) is 5.49. The lowest BCUT2D eigenvalue weighted by molar-refractivity contribution is 0.0998. The van der Waals surface area contributed by atoms with Crippen molar-refractivity contribution in [1.29, 1.82) is 0 Å². The Labute approximate surface area is 95.6 Å². The van der Waals surface area contributed by atoms with Crippen LogP contribution < -0.4 is 4.90 Å². The number of benzene rings is 2. The van der Waals surface area contributed by atoms with Gasteiger partial charge in [-0.25, -0.2) is 0 Å². The average Bonchev–Trinajstić information content (AvgIpc) is 2.50. The molecule has 0 saturated carbocycles. The highest BCUT2D eigenvalue weighted by molar-refractivity contribution is 9.10. The molecular formula is C12H8BrNO. The largest absolute Gasteiger partial charge is 0.311 e. The first-order valence-electron chi connectivity index (χ1n) is 4.69. The van der Waals surface area contributed by atoms with E-state index in [4.69, 9.17) is 0 Å². The first-order chi connectivity index (χ1) is 7.20. The maximum Gasteiger partial charge on any atom is 0.259 e. The predicted molar refractivity (Wildman–Crippen MR) is 64.4 cm³/mol. The van der Waals surface area contributed by atoms with E-state index in [1.807, 2.05) is 37.4 Å². The van der Waals surface area contributed by atoms with Gasteiger partial charge in [0.1, 0.15) is 0 Å². The molecule has 2 aromatic carbocycles. The molecule has 3 rings (SSSR count). The van der Waals surface area contributed by atoms with Crippen molar-refractivity contribution in [2.45, 2.75) is 0 Å². The number of nitrogens with zero attached hydrogens (tertiary/aromatic N) is 1. The third kappa shape index (κ3) is 1.01. The Morgan fingerprint density at radius 3 is 2.80 bits per heavy atom. The third-order valence-electron chi connectivity index (χ3n) is 2.85. The number of halogens is 1. The molecule has 0 spiro atoms. The van der Waals surface area contributed by atoms with Gasteiger partial charge in [0, 0.05) is 16.9 Å². The molecule has 0 saturated heterocycles. The lowest BCUT2D eigenvalue weighted by Gasteiger charge is -2.09. The van der Waals surface area contributed by atoms with E-state index in [1.165, 1.54) is 0 Å². The van der Waals surface area contributed by atoms with Crippen LogP contribution in [0.5, 0.6) is 0 Å². The van der Waals surface area contributed by atoms with Crippen molar-refractivity contribution in [1.82, 2.24) is 0 Å². The summed E-state index contributed by atoms with van der Waals surface area (Å²) < 4.78 is 0.872. The summed E-state index contributed by atoms with van der Waals surface area (Å²) >= 11 is 3.43. The summed E-state index contributed by atoms with van der Waals surface area (Å²) in [5.41, 5.74) is 1.78. The van der Waals surface area contributed by atoms with Gasteiger partial charge in [0.15, 0.2) is 0 Å². The van der Waals surface area contributed by atoms with Crippen LogP contribution in [0.25, 0.3) is 10.8 Å². The smallest absolute Gasteiger partial charge is 0.259 e. The molecule has 0 radical (unpaired) electrons. The van der Waals surface area contributed by atoms with Crippen molar-refractivity contribution in [3.8, 4) is 0 Å². The number of carbonyl (C=O) groups excluding carboxylic acids is 1. The number of rotatable bonds is 0. The van der Waals surface area contributed by atoms with Crippen molar-refractivity contribution in [3.63, 3.8) is 0 Å². The van der Waals surface area contributed by atoms with Crippen molar-refractivity contribution in [2.24, 2.45) is 0 Å². The molecule has 15 heavy (non-hydrogen) atoms. The van der Waals surface area contributed by atoms with Gasteiger partial charge in [-0.1, -0.05) is 18.2 Å². The lowest BCUT2D eigenvalue weighted by atomic mass is 10.1. The van der Waals surface area contributed by atoms with Gasteiger partial charge in [-0.05, 0) is 33.4 Å². The molecule has 0 aliphatic carbocycles. The van der Waals surface area contributed by atoms with Gasteiger partial charge >= 0.3 is 0 Å². The van der Waals surface area contributed by atoms with Crippen molar-refractivity contribution in [3.05, 3.63) is 40.4 Å². The minimum absolute atomic E-state index is 0.0636. The van der Waals surface area contributed by atoms with Crippen LogP contribution in [0.4, 0.5) is 5.69 Å². The zero-order chi connectivity index (χ0) is 10.6. The van der Waals surface area contributed by atoms with Gasteiger partial charge in [-0.15, -0.1) is 0 Å². The van der Waals surface area contributed by atoms with Crippen LogP contribution in [-0.2, 0) is 0 Å². The molecule has 0 N–H and O–H groups in total. The fourth-order valence-corrected chi connectivity index (χ4v) is 2.60. The molecule has 0 unspecified atom stereocenters. The van der Waals surface area contributed by atoms with Gasteiger partial charge in [0.05, 0.1) is 11.3 Å². The van der Waals surface area contributed by atoms with Crippen molar-refractivity contribution >= 4 is 38.3 Å². The Morgan fingerprint density at radius 2 is 2.00 bits per heavy atom. The number of amides is 1. The van der Waals surface area contributed by atoms with E-state index >= 15 is 0 Å². The minimum atomic E-state index is 0.0636. The lowest BCUT2D eigenvalue weighted by Crippen LogP contribution is -2.20. The van der Waals surface area contributed by atoms with Gasteiger partial charge in [0.2, 0.25) is 0 Å². The molecule has 0 bridgehead atoms. The topological polar surface area (TPSA) is 20.3 Å². The first kappa shape index (κ1) is 8.92. The number of hydrogen-bond acceptors (Lipinski definition) is 1. The number of carbonyl (C=O) groups is 1. The highest BCUT2D eigenvalue weighted by Crippen LogP contribution is 2.39. The molecule has 3 heteroatoms. The second-order valence-electron chi connectivity index (χ2n) is 3.66. The molecule has 0 atom stereocenters. The quantitative estimate of drug-likeness (QED) is 0.714. The molecule has 1 heterocycles. The van der Waals surface area contributed by atoms with Gasteiger partial charge in [-0.3, -0.25) is 4.79 Å². The monoisotopic (exact) mass is 261 g/mol. The SMILES string of the molecule is CN1C(=O)c2c(Br)ccc3cccc1c23. The molecule has 1 aliphatic rings. The maximum atomic E-state index is 12.0. The molecule has 0 fully saturated rings. The summed E-state index contributed by atoms with van der Waals surface area (Å²) in [5.74, 6) is 0.0636. The molecular weight excluding hydrogens is 254 g/mol. The Hall–Kier alpha value is -1.35. The van der Waals surface area contributed by atoms with Crippen molar-refractivity contribution in [2.75, 3.05) is 11.9 Å². The van der Waals surface area contributed by atoms with Crippen LogP contribution in [-0.4, -0.2) is 13.0 Å². The van der Waals surface area contributed by atoms with Crippen LogP contribution in [0.1, 0.15) is 10.4 Å². The minimum Gasteiger partial charge on any atom is -0.311 e. The van der Waals surface area contributed by atoms with Gasteiger partial charge in [0.25, 0.3) is 5.91 Å².